The van der Waals surface area contributed by atoms with Crippen molar-refractivity contribution < 1.29 is 0 Å². The second-order valence-corrected chi connectivity index (χ2v) is 4.01. The highest BCUT2D eigenvalue weighted by atomic mass is 15.1. The van der Waals surface area contributed by atoms with Gasteiger partial charge in [-0.15, -0.1) is 0 Å². The first-order valence-corrected chi connectivity index (χ1v) is 5.33. The summed E-state index contributed by atoms with van der Waals surface area (Å²) < 4.78 is 0. The molecule has 0 heterocycles. The van der Waals surface area contributed by atoms with Crippen LogP contribution in [0.2, 0.25) is 0 Å². The lowest BCUT2D eigenvalue weighted by molar-refractivity contribution is 0.367. The third-order valence-corrected chi connectivity index (χ3v) is 2.61. The number of rotatable bonds is 3. The van der Waals surface area contributed by atoms with Gasteiger partial charge in [-0.25, -0.2) is 0 Å². The minimum absolute atomic E-state index is 0.465. The van der Waals surface area contributed by atoms with Crippen LogP contribution in [0.4, 0.5) is 0 Å². The molecule has 0 saturated heterocycles. The van der Waals surface area contributed by atoms with Crippen molar-refractivity contribution in [1.82, 2.24) is 4.90 Å². The maximum Gasteiger partial charge on any atom is 0.0866 e. The van der Waals surface area contributed by atoms with Crippen molar-refractivity contribution in [3.05, 3.63) is 48.0 Å². The molecular weight excluding hydrogens is 196 g/mol. The van der Waals surface area contributed by atoms with Crippen molar-refractivity contribution in [2.75, 3.05) is 13.6 Å². The van der Waals surface area contributed by atoms with E-state index in [1.165, 1.54) is 16.3 Å². The zero-order valence-electron chi connectivity index (χ0n) is 9.35. The van der Waals surface area contributed by atoms with Crippen LogP contribution in [0.3, 0.4) is 0 Å². The maximum atomic E-state index is 8.59. The first kappa shape index (κ1) is 10.7. The minimum Gasteiger partial charge on any atom is -0.289 e. The highest BCUT2D eigenvalue weighted by Gasteiger charge is 2.00. The van der Waals surface area contributed by atoms with Gasteiger partial charge in [0.05, 0.1) is 12.6 Å². The molecule has 16 heavy (non-hydrogen) atoms. The fourth-order valence-electron chi connectivity index (χ4n) is 1.83. The Labute approximate surface area is 95.7 Å². The molecule has 0 N–H and O–H groups in total. The fourth-order valence-corrected chi connectivity index (χ4v) is 1.83. The zero-order chi connectivity index (χ0) is 11.4. The van der Waals surface area contributed by atoms with E-state index in [-0.39, 0.29) is 0 Å². The fraction of sp³-hybridized carbons (Fsp3) is 0.214. The van der Waals surface area contributed by atoms with Crippen LogP contribution in [0.1, 0.15) is 5.56 Å². The third-order valence-electron chi connectivity index (χ3n) is 2.61. The van der Waals surface area contributed by atoms with Crippen molar-refractivity contribution in [1.29, 1.82) is 5.26 Å². The number of nitrogens with zero attached hydrogens (tertiary/aromatic N) is 2. The van der Waals surface area contributed by atoms with E-state index in [0.717, 1.165) is 6.54 Å². The van der Waals surface area contributed by atoms with Crippen molar-refractivity contribution in [3.63, 3.8) is 0 Å². The van der Waals surface area contributed by atoms with Crippen LogP contribution in [0.25, 0.3) is 10.8 Å². The van der Waals surface area contributed by atoms with Crippen LogP contribution in [0, 0.1) is 11.3 Å². The van der Waals surface area contributed by atoms with Gasteiger partial charge < -0.3 is 0 Å². The van der Waals surface area contributed by atoms with E-state index < -0.39 is 0 Å². The molecule has 2 heteroatoms. The number of hydrogen-bond acceptors (Lipinski definition) is 2. The van der Waals surface area contributed by atoms with Crippen LogP contribution in [0.5, 0.6) is 0 Å². The molecule has 0 amide bonds. The molecular formula is C14H14N2. The first-order chi connectivity index (χ1) is 7.79. The predicted molar refractivity (Wildman–Crippen MR) is 65.9 cm³/mol. The molecule has 2 aromatic rings. The van der Waals surface area contributed by atoms with Gasteiger partial charge in [-0.2, -0.15) is 5.26 Å². The molecule has 0 aliphatic rings. The molecule has 0 aliphatic heterocycles. The van der Waals surface area contributed by atoms with Crippen LogP contribution >= 0.6 is 0 Å². The van der Waals surface area contributed by atoms with Crippen LogP contribution in [-0.2, 0) is 6.54 Å². The summed E-state index contributed by atoms with van der Waals surface area (Å²) in [7, 11) is 1.96. The molecule has 0 aliphatic carbocycles. The van der Waals surface area contributed by atoms with E-state index in [1.54, 1.807) is 0 Å². The zero-order valence-corrected chi connectivity index (χ0v) is 9.35. The second-order valence-electron chi connectivity index (χ2n) is 4.01. The molecule has 0 fully saturated rings. The Morgan fingerprint density at radius 1 is 1.12 bits per heavy atom. The van der Waals surface area contributed by atoms with Crippen molar-refractivity contribution in [3.8, 4) is 6.07 Å². The molecule has 0 bridgehead atoms. The average molecular weight is 210 g/mol. The third kappa shape index (κ3) is 2.39. The van der Waals surface area contributed by atoms with Gasteiger partial charge in [-0.1, -0.05) is 36.4 Å². The molecule has 0 atom stereocenters. The van der Waals surface area contributed by atoms with Gasteiger partial charge in [-0.05, 0) is 29.4 Å². The Hall–Kier alpha value is -1.85. The Balaban J connectivity index is 2.23. The van der Waals surface area contributed by atoms with Crippen molar-refractivity contribution >= 4 is 10.8 Å². The summed E-state index contributed by atoms with van der Waals surface area (Å²) in [5, 5.41) is 11.1. The highest BCUT2D eigenvalue weighted by Crippen LogP contribution is 2.16. The molecule has 2 nitrogen and oxygen atoms in total. The molecule has 0 radical (unpaired) electrons. The van der Waals surface area contributed by atoms with E-state index in [9.17, 15) is 0 Å². The summed E-state index contributed by atoms with van der Waals surface area (Å²) in [4.78, 5) is 2.00. The summed E-state index contributed by atoms with van der Waals surface area (Å²) in [6.07, 6.45) is 0. The van der Waals surface area contributed by atoms with Crippen LogP contribution in [0.15, 0.2) is 42.5 Å². The standard InChI is InChI=1S/C14H14N2/c1-16(9-8-15)11-12-6-7-13-4-2-3-5-14(13)10-12/h2-7,10H,9,11H2,1H3. The highest BCUT2D eigenvalue weighted by molar-refractivity contribution is 5.82. The van der Waals surface area contributed by atoms with Gasteiger partial charge in [0.2, 0.25) is 0 Å². The SMILES string of the molecule is CN(CC#N)Cc1ccc2ccccc2c1. The monoisotopic (exact) mass is 210 g/mol. The molecule has 80 valence electrons. The number of fused-ring (bicyclic) bond motifs is 1. The lowest BCUT2D eigenvalue weighted by atomic mass is 10.1. The largest absolute Gasteiger partial charge is 0.289 e. The second kappa shape index (κ2) is 4.78. The summed E-state index contributed by atoms with van der Waals surface area (Å²) >= 11 is 0. The summed E-state index contributed by atoms with van der Waals surface area (Å²) in [5.41, 5.74) is 1.25. The van der Waals surface area contributed by atoms with Crippen molar-refractivity contribution in [2.24, 2.45) is 0 Å². The Bertz CT molecular complexity index is 525. The van der Waals surface area contributed by atoms with Gasteiger partial charge in [0.1, 0.15) is 0 Å². The van der Waals surface area contributed by atoms with Crippen LogP contribution in [-0.4, -0.2) is 18.5 Å². The van der Waals surface area contributed by atoms with Gasteiger partial charge in [0, 0.05) is 6.54 Å². The molecule has 0 spiro atoms. The molecule has 2 rings (SSSR count). The molecule has 2 aromatic carbocycles. The summed E-state index contributed by atoms with van der Waals surface area (Å²) in [5.74, 6) is 0. The van der Waals surface area contributed by atoms with Gasteiger partial charge >= 0.3 is 0 Å². The van der Waals surface area contributed by atoms with E-state index in [4.69, 9.17) is 5.26 Å². The molecule has 0 saturated carbocycles. The van der Waals surface area contributed by atoms with Gasteiger partial charge in [-0.3, -0.25) is 4.90 Å². The Morgan fingerprint density at radius 3 is 2.62 bits per heavy atom. The number of hydrogen-bond donors (Lipinski definition) is 0. The van der Waals surface area contributed by atoms with Crippen molar-refractivity contribution in [2.45, 2.75) is 6.54 Å². The first-order valence-electron chi connectivity index (χ1n) is 5.33. The lowest BCUT2D eigenvalue weighted by Gasteiger charge is -2.12. The van der Waals surface area contributed by atoms with Crippen LogP contribution < -0.4 is 0 Å². The van der Waals surface area contributed by atoms with E-state index in [0.29, 0.717) is 6.54 Å². The Kier molecular flexibility index (Phi) is 3.19. The molecule has 0 aromatic heterocycles. The predicted octanol–water partition coefficient (Wildman–Crippen LogP) is 2.80. The normalized spacial score (nSPS) is 10.6. The van der Waals surface area contributed by atoms with E-state index in [1.807, 2.05) is 24.1 Å². The topological polar surface area (TPSA) is 27.0 Å². The summed E-state index contributed by atoms with van der Waals surface area (Å²) in [6.45, 7) is 1.28. The number of nitriles is 1. The molecule has 0 unspecified atom stereocenters. The Morgan fingerprint density at radius 2 is 1.88 bits per heavy atom. The van der Waals surface area contributed by atoms with Gasteiger partial charge in [0.15, 0.2) is 0 Å². The summed E-state index contributed by atoms with van der Waals surface area (Å²) in [6, 6.07) is 16.9. The number of benzene rings is 2. The quantitative estimate of drug-likeness (QED) is 0.728. The van der Waals surface area contributed by atoms with Gasteiger partial charge in [0.25, 0.3) is 0 Å². The average Bonchev–Trinajstić information content (AvgIpc) is 2.29. The minimum atomic E-state index is 0.465. The van der Waals surface area contributed by atoms with E-state index >= 15 is 0 Å². The maximum absolute atomic E-state index is 8.59. The smallest absolute Gasteiger partial charge is 0.0866 e. The van der Waals surface area contributed by atoms with E-state index in [2.05, 4.69) is 36.4 Å². The lowest BCUT2D eigenvalue weighted by Crippen LogP contribution is -2.17.